The van der Waals surface area contributed by atoms with Gasteiger partial charge in [0.05, 0.1) is 5.56 Å². The molecule has 1 N–H and O–H groups in total. The van der Waals surface area contributed by atoms with Gasteiger partial charge in [-0.3, -0.25) is 4.98 Å². The van der Waals surface area contributed by atoms with E-state index in [2.05, 4.69) is 31.8 Å². The lowest BCUT2D eigenvalue weighted by Crippen LogP contribution is -2.05. The summed E-state index contributed by atoms with van der Waals surface area (Å²) in [5, 5.41) is 2.96. The number of rotatable bonds is 4. The zero-order valence-electron chi connectivity index (χ0n) is 14.8. The molecule has 0 unspecified atom stereocenters. The Morgan fingerprint density at radius 3 is 2.07 bits per heavy atom. The molecule has 3 aromatic rings. The third-order valence-electron chi connectivity index (χ3n) is 3.30. The van der Waals surface area contributed by atoms with Gasteiger partial charge in [-0.15, -0.1) is 0 Å². The Hall–Kier alpha value is -3.29. The van der Waals surface area contributed by atoms with Crippen LogP contribution in [-0.2, 0) is 6.18 Å². The normalized spacial score (nSPS) is 10.6. The first kappa shape index (κ1) is 20.0. The van der Waals surface area contributed by atoms with E-state index in [9.17, 15) is 13.2 Å². The van der Waals surface area contributed by atoms with Crippen molar-refractivity contribution in [3.8, 4) is 11.3 Å². The van der Waals surface area contributed by atoms with Gasteiger partial charge >= 0.3 is 6.18 Å². The number of anilines is 2. The number of hydrogen-bond acceptors (Lipinski definition) is 5. The number of nitrogens with zero attached hydrogens (tertiary/aromatic N) is 4. The van der Waals surface area contributed by atoms with Crippen LogP contribution in [0, 0.1) is 0 Å². The van der Waals surface area contributed by atoms with Gasteiger partial charge < -0.3 is 5.32 Å². The smallest absolute Gasteiger partial charge is 0.338 e. The fraction of sp³-hybridized carbons (Fsp3) is 0.158. The highest BCUT2D eigenvalue weighted by molar-refractivity contribution is 5.74. The number of halogens is 3. The molecule has 27 heavy (non-hydrogen) atoms. The second-order valence-electron chi connectivity index (χ2n) is 4.99. The second kappa shape index (κ2) is 8.88. The van der Waals surface area contributed by atoms with Gasteiger partial charge in [-0.25, -0.2) is 15.0 Å². The SMILES string of the molecule is C=Cc1ncc(-c2nccnc2Nc2ccc(C(F)(F)F)cc2)cn1.CC. The molecule has 0 aliphatic carbocycles. The standard InChI is InChI=1S/C17H12F3N5.C2H6/c1-2-14-23-9-11(10-24-14)15-16(22-8-7-21-15)25-13-5-3-12(4-6-13)17(18,19)20;1-2/h2-10H,1H2,(H,22,25);1-2H3. The maximum Gasteiger partial charge on any atom is 0.416 e. The largest absolute Gasteiger partial charge is 0.416 e. The van der Waals surface area contributed by atoms with Gasteiger partial charge in [-0.05, 0) is 30.3 Å². The van der Waals surface area contributed by atoms with Gasteiger partial charge in [-0.1, -0.05) is 20.4 Å². The van der Waals surface area contributed by atoms with Crippen molar-refractivity contribution in [3.63, 3.8) is 0 Å². The Morgan fingerprint density at radius 2 is 1.52 bits per heavy atom. The van der Waals surface area contributed by atoms with Crippen LogP contribution in [0.4, 0.5) is 24.7 Å². The van der Waals surface area contributed by atoms with E-state index >= 15 is 0 Å². The maximum atomic E-state index is 12.6. The van der Waals surface area contributed by atoms with Gasteiger partial charge in [-0.2, -0.15) is 13.2 Å². The van der Waals surface area contributed by atoms with E-state index in [1.165, 1.54) is 30.6 Å². The quantitative estimate of drug-likeness (QED) is 0.666. The van der Waals surface area contributed by atoms with Crippen LogP contribution in [0.15, 0.2) is 55.6 Å². The summed E-state index contributed by atoms with van der Waals surface area (Å²) in [6.07, 6.45) is 3.28. The van der Waals surface area contributed by atoms with Crippen molar-refractivity contribution in [1.29, 1.82) is 0 Å². The zero-order chi connectivity index (χ0) is 19.9. The summed E-state index contributed by atoms with van der Waals surface area (Å²) in [4.78, 5) is 16.7. The number of aromatic nitrogens is 4. The van der Waals surface area contributed by atoms with Crippen LogP contribution in [0.2, 0.25) is 0 Å². The molecule has 0 atom stereocenters. The van der Waals surface area contributed by atoms with Crippen molar-refractivity contribution < 1.29 is 13.2 Å². The Bertz CT molecular complexity index is 875. The van der Waals surface area contributed by atoms with Gasteiger partial charge in [0.15, 0.2) is 11.6 Å². The monoisotopic (exact) mass is 373 g/mol. The Kier molecular flexibility index (Phi) is 6.59. The molecule has 5 nitrogen and oxygen atoms in total. The summed E-state index contributed by atoms with van der Waals surface area (Å²) >= 11 is 0. The third-order valence-corrected chi connectivity index (χ3v) is 3.30. The first-order chi connectivity index (χ1) is 13.0. The summed E-state index contributed by atoms with van der Waals surface area (Å²) < 4.78 is 37.9. The highest BCUT2D eigenvalue weighted by Gasteiger charge is 2.29. The molecule has 1 aromatic carbocycles. The van der Waals surface area contributed by atoms with Gasteiger partial charge in [0.1, 0.15) is 5.69 Å². The van der Waals surface area contributed by atoms with Gasteiger partial charge in [0, 0.05) is 36.0 Å². The van der Waals surface area contributed by atoms with E-state index in [1.54, 1.807) is 12.4 Å². The summed E-state index contributed by atoms with van der Waals surface area (Å²) in [6, 6.07) is 4.66. The molecule has 0 aliphatic heterocycles. The lowest BCUT2D eigenvalue weighted by molar-refractivity contribution is -0.137. The molecule has 0 spiro atoms. The molecule has 0 bridgehead atoms. The topological polar surface area (TPSA) is 63.6 Å². The molecule has 2 aromatic heterocycles. The zero-order valence-corrected chi connectivity index (χ0v) is 14.8. The average Bonchev–Trinajstić information content (AvgIpc) is 2.70. The molecule has 0 amide bonds. The van der Waals surface area contributed by atoms with E-state index in [1.807, 2.05) is 13.8 Å². The summed E-state index contributed by atoms with van der Waals surface area (Å²) in [7, 11) is 0. The molecule has 2 heterocycles. The van der Waals surface area contributed by atoms with E-state index in [4.69, 9.17) is 0 Å². The number of nitrogens with one attached hydrogen (secondary N) is 1. The summed E-state index contributed by atoms with van der Waals surface area (Å²) in [5.74, 6) is 0.863. The van der Waals surface area contributed by atoms with Crippen molar-refractivity contribution in [2.45, 2.75) is 20.0 Å². The van der Waals surface area contributed by atoms with Crippen LogP contribution >= 0.6 is 0 Å². The van der Waals surface area contributed by atoms with E-state index in [0.717, 1.165) is 12.1 Å². The Morgan fingerprint density at radius 1 is 0.926 bits per heavy atom. The maximum absolute atomic E-state index is 12.6. The minimum atomic E-state index is -4.37. The average molecular weight is 373 g/mol. The van der Waals surface area contributed by atoms with Gasteiger partial charge in [0.2, 0.25) is 0 Å². The molecular formula is C19H18F3N5. The van der Waals surface area contributed by atoms with Crippen LogP contribution in [0.3, 0.4) is 0 Å². The number of hydrogen-bond donors (Lipinski definition) is 1. The molecule has 0 saturated carbocycles. The molecule has 140 valence electrons. The molecule has 3 rings (SSSR count). The van der Waals surface area contributed by atoms with Crippen molar-refractivity contribution in [2.75, 3.05) is 5.32 Å². The first-order valence-corrected chi connectivity index (χ1v) is 8.17. The van der Waals surface area contributed by atoms with Gasteiger partial charge in [0.25, 0.3) is 0 Å². The molecule has 0 radical (unpaired) electrons. The molecule has 0 aliphatic rings. The molecule has 8 heteroatoms. The Balaban J connectivity index is 0.00000126. The second-order valence-corrected chi connectivity index (χ2v) is 4.99. The lowest BCUT2D eigenvalue weighted by atomic mass is 10.2. The number of benzene rings is 1. The van der Waals surface area contributed by atoms with Crippen molar-refractivity contribution >= 4 is 17.6 Å². The molecule has 0 fully saturated rings. The van der Waals surface area contributed by atoms with Crippen molar-refractivity contribution in [3.05, 3.63) is 67.0 Å². The predicted molar refractivity (Wildman–Crippen MR) is 99.2 cm³/mol. The van der Waals surface area contributed by atoms with Crippen LogP contribution in [0.5, 0.6) is 0 Å². The van der Waals surface area contributed by atoms with Crippen molar-refractivity contribution in [2.24, 2.45) is 0 Å². The third kappa shape index (κ3) is 5.10. The fourth-order valence-electron chi connectivity index (χ4n) is 2.09. The summed E-state index contributed by atoms with van der Waals surface area (Å²) in [6.45, 7) is 7.59. The van der Waals surface area contributed by atoms with Crippen LogP contribution < -0.4 is 5.32 Å². The molecule has 0 saturated heterocycles. The van der Waals surface area contributed by atoms with Crippen LogP contribution in [-0.4, -0.2) is 19.9 Å². The highest BCUT2D eigenvalue weighted by atomic mass is 19.4. The van der Waals surface area contributed by atoms with E-state index in [0.29, 0.717) is 28.6 Å². The fourth-order valence-corrected chi connectivity index (χ4v) is 2.09. The minimum Gasteiger partial charge on any atom is -0.338 e. The number of alkyl halides is 3. The van der Waals surface area contributed by atoms with Crippen LogP contribution in [0.1, 0.15) is 25.2 Å². The highest BCUT2D eigenvalue weighted by Crippen LogP contribution is 2.31. The Labute approximate surface area is 155 Å². The predicted octanol–water partition coefficient (Wildman–Crippen LogP) is 5.37. The molecular weight excluding hydrogens is 355 g/mol. The van der Waals surface area contributed by atoms with Crippen molar-refractivity contribution in [1.82, 2.24) is 19.9 Å². The van der Waals surface area contributed by atoms with Crippen LogP contribution in [0.25, 0.3) is 17.3 Å². The minimum absolute atomic E-state index is 0.386. The van der Waals surface area contributed by atoms with E-state index in [-0.39, 0.29) is 0 Å². The summed E-state index contributed by atoms with van der Waals surface area (Å²) in [5.41, 5.74) is 0.843. The van der Waals surface area contributed by atoms with E-state index < -0.39 is 11.7 Å². The first-order valence-electron chi connectivity index (χ1n) is 8.17. The lowest BCUT2D eigenvalue weighted by Gasteiger charge is -2.11.